The first-order chi connectivity index (χ1) is 7.31. The monoisotopic (exact) mass is 257 g/mol. The molecule has 1 aliphatic heterocycles. The fourth-order valence-electron chi connectivity index (χ4n) is 2.59. The van der Waals surface area contributed by atoms with Crippen LogP contribution in [0.15, 0.2) is 0 Å². The smallest absolute Gasteiger partial charge is 0.312 e. The molecule has 7 heteroatoms. The molecule has 0 aromatic carbocycles. The molecular formula is C9H14F3NO2S. The fourth-order valence-corrected chi connectivity index (χ4v) is 4.56. The Morgan fingerprint density at radius 3 is 2.50 bits per heavy atom. The number of nitrogens with one attached hydrogen (secondary N) is 1. The van der Waals surface area contributed by atoms with Gasteiger partial charge in [-0.3, -0.25) is 0 Å². The number of rotatable bonds is 0. The van der Waals surface area contributed by atoms with Crippen LogP contribution in [0.25, 0.3) is 0 Å². The molecule has 1 N–H and O–H groups in total. The van der Waals surface area contributed by atoms with Gasteiger partial charge in [0.05, 0.1) is 16.9 Å². The van der Waals surface area contributed by atoms with Crippen LogP contribution in [0, 0.1) is 5.92 Å². The average Bonchev–Trinajstić information content (AvgIpc) is 2.15. The summed E-state index contributed by atoms with van der Waals surface area (Å²) in [6, 6.07) is -0.280. The molecule has 2 aliphatic rings. The first-order valence-corrected chi connectivity index (χ1v) is 7.04. The number of fused-ring (bicyclic) bond motifs is 1. The maximum atomic E-state index is 12.5. The van der Waals surface area contributed by atoms with Crippen molar-refractivity contribution in [3.05, 3.63) is 0 Å². The lowest BCUT2D eigenvalue weighted by Crippen LogP contribution is -2.56. The molecule has 0 aromatic rings. The van der Waals surface area contributed by atoms with Gasteiger partial charge in [0.15, 0.2) is 9.84 Å². The van der Waals surface area contributed by atoms with Gasteiger partial charge in [-0.1, -0.05) is 0 Å². The van der Waals surface area contributed by atoms with Gasteiger partial charge in [0.25, 0.3) is 0 Å². The van der Waals surface area contributed by atoms with Crippen LogP contribution in [0.1, 0.15) is 19.3 Å². The van der Waals surface area contributed by atoms with Gasteiger partial charge in [-0.2, -0.15) is 13.2 Å². The van der Waals surface area contributed by atoms with Crippen LogP contribution in [-0.2, 0) is 9.84 Å². The van der Waals surface area contributed by atoms with Crippen LogP contribution in [0.5, 0.6) is 0 Å². The summed E-state index contributed by atoms with van der Waals surface area (Å²) < 4.78 is 61.0. The van der Waals surface area contributed by atoms with E-state index in [4.69, 9.17) is 0 Å². The summed E-state index contributed by atoms with van der Waals surface area (Å²) in [7, 11) is -3.34. The molecule has 3 nitrogen and oxygen atoms in total. The van der Waals surface area contributed by atoms with E-state index in [0.717, 1.165) is 0 Å². The van der Waals surface area contributed by atoms with E-state index >= 15 is 0 Å². The zero-order chi connectivity index (χ0) is 12.0. The van der Waals surface area contributed by atoms with Gasteiger partial charge in [-0.25, -0.2) is 8.42 Å². The van der Waals surface area contributed by atoms with Crippen LogP contribution >= 0.6 is 0 Å². The minimum absolute atomic E-state index is 0.0349. The zero-order valence-electron chi connectivity index (χ0n) is 8.63. The van der Waals surface area contributed by atoms with Gasteiger partial charge < -0.3 is 5.32 Å². The highest BCUT2D eigenvalue weighted by atomic mass is 32.2. The highest BCUT2D eigenvalue weighted by Gasteiger charge is 2.49. The van der Waals surface area contributed by atoms with Gasteiger partial charge in [0, 0.05) is 12.6 Å². The third kappa shape index (κ3) is 2.20. The molecule has 1 aliphatic carbocycles. The predicted octanol–water partition coefficient (Wildman–Crippen LogP) is 1.10. The second-order valence-corrected chi connectivity index (χ2v) is 6.86. The summed E-state index contributed by atoms with van der Waals surface area (Å²) in [5.74, 6) is -1.50. The van der Waals surface area contributed by atoms with Gasteiger partial charge >= 0.3 is 6.18 Å². The maximum Gasteiger partial charge on any atom is 0.391 e. The van der Waals surface area contributed by atoms with Crippen LogP contribution in [0.4, 0.5) is 13.2 Å². The number of alkyl halides is 3. The van der Waals surface area contributed by atoms with Crippen molar-refractivity contribution in [2.45, 2.75) is 36.7 Å². The third-order valence-electron chi connectivity index (χ3n) is 3.51. The van der Waals surface area contributed by atoms with E-state index in [9.17, 15) is 21.6 Å². The molecule has 0 spiro atoms. The minimum Gasteiger partial charge on any atom is -0.312 e. The van der Waals surface area contributed by atoms with Gasteiger partial charge in [0.2, 0.25) is 0 Å². The molecule has 3 atom stereocenters. The van der Waals surface area contributed by atoms with Gasteiger partial charge in [0.1, 0.15) is 0 Å². The van der Waals surface area contributed by atoms with Crippen molar-refractivity contribution in [3.63, 3.8) is 0 Å². The molecule has 0 radical (unpaired) electrons. The lowest BCUT2D eigenvalue weighted by Gasteiger charge is -2.39. The Morgan fingerprint density at radius 1 is 1.19 bits per heavy atom. The van der Waals surface area contributed by atoms with Crippen molar-refractivity contribution in [2.75, 3.05) is 12.3 Å². The van der Waals surface area contributed by atoms with Crippen molar-refractivity contribution in [1.82, 2.24) is 5.32 Å². The summed E-state index contributed by atoms with van der Waals surface area (Å²) in [5.41, 5.74) is 0. The minimum atomic E-state index is -4.27. The van der Waals surface area contributed by atoms with E-state index in [2.05, 4.69) is 5.32 Å². The normalized spacial score (nSPS) is 39.1. The van der Waals surface area contributed by atoms with E-state index in [1.54, 1.807) is 0 Å². The molecule has 0 bridgehead atoms. The molecule has 94 valence electrons. The molecule has 2 rings (SSSR count). The topological polar surface area (TPSA) is 46.2 Å². The molecule has 1 saturated heterocycles. The van der Waals surface area contributed by atoms with Crippen molar-refractivity contribution in [3.8, 4) is 0 Å². The Labute approximate surface area is 92.3 Å². The molecule has 0 amide bonds. The van der Waals surface area contributed by atoms with E-state index in [1.807, 2.05) is 0 Å². The second kappa shape index (κ2) is 3.87. The number of halogens is 3. The van der Waals surface area contributed by atoms with E-state index in [0.29, 0.717) is 13.0 Å². The molecule has 16 heavy (non-hydrogen) atoms. The number of sulfone groups is 1. The fraction of sp³-hybridized carbons (Fsp3) is 1.00. The lowest BCUT2D eigenvalue weighted by atomic mass is 9.85. The molecule has 0 aromatic heterocycles. The molecule has 1 heterocycles. The quantitative estimate of drug-likeness (QED) is 0.707. The Hall–Kier alpha value is -0.300. The van der Waals surface area contributed by atoms with Crippen molar-refractivity contribution in [1.29, 1.82) is 0 Å². The Bertz CT molecular complexity index is 365. The summed E-state index contributed by atoms with van der Waals surface area (Å²) >= 11 is 0. The summed E-state index contributed by atoms with van der Waals surface area (Å²) in [6.07, 6.45) is -4.21. The third-order valence-corrected chi connectivity index (χ3v) is 5.73. The summed E-state index contributed by atoms with van der Waals surface area (Å²) in [6.45, 7) is 0.361. The van der Waals surface area contributed by atoms with Crippen LogP contribution in [0.2, 0.25) is 0 Å². The largest absolute Gasteiger partial charge is 0.391 e. The average molecular weight is 257 g/mol. The van der Waals surface area contributed by atoms with Gasteiger partial charge in [-0.05, 0) is 19.3 Å². The van der Waals surface area contributed by atoms with Gasteiger partial charge in [-0.15, -0.1) is 0 Å². The maximum absolute atomic E-state index is 12.5. The molecular weight excluding hydrogens is 243 g/mol. The lowest BCUT2D eigenvalue weighted by molar-refractivity contribution is -0.182. The van der Waals surface area contributed by atoms with E-state index in [-0.39, 0.29) is 24.6 Å². The summed E-state index contributed by atoms with van der Waals surface area (Å²) in [5, 5.41) is 2.16. The predicted molar refractivity (Wildman–Crippen MR) is 52.8 cm³/mol. The number of hydrogen-bond acceptors (Lipinski definition) is 3. The van der Waals surface area contributed by atoms with E-state index < -0.39 is 27.2 Å². The first-order valence-electron chi connectivity index (χ1n) is 5.32. The highest BCUT2D eigenvalue weighted by molar-refractivity contribution is 7.92. The molecule has 3 unspecified atom stereocenters. The second-order valence-electron chi connectivity index (χ2n) is 4.52. The Kier molecular flexibility index (Phi) is 2.94. The van der Waals surface area contributed by atoms with Crippen LogP contribution in [-0.4, -0.2) is 38.2 Å². The van der Waals surface area contributed by atoms with Crippen molar-refractivity contribution in [2.24, 2.45) is 5.92 Å². The number of hydrogen-bond donors (Lipinski definition) is 1. The SMILES string of the molecule is O=S1(=O)CCNC2CCC(C(F)(F)F)CC21. The Balaban J connectivity index is 2.17. The highest BCUT2D eigenvalue weighted by Crippen LogP contribution is 2.40. The van der Waals surface area contributed by atoms with Crippen LogP contribution in [0.3, 0.4) is 0 Å². The molecule has 2 fully saturated rings. The Morgan fingerprint density at radius 2 is 1.88 bits per heavy atom. The first kappa shape index (κ1) is 12.2. The van der Waals surface area contributed by atoms with Crippen molar-refractivity contribution >= 4 is 9.84 Å². The zero-order valence-corrected chi connectivity index (χ0v) is 9.44. The molecule has 1 saturated carbocycles. The standard InChI is InChI=1S/C9H14F3NO2S/c10-9(11,12)6-1-2-7-8(5-6)16(14,15)4-3-13-7/h6-8,13H,1-5H2. The summed E-state index contributed by atoms with van der Waals surface area (Å²) in [4.78, 5) is 0. The van der Waals surface area contributed by atoms with E-state index in [1.165, 1.54) is 0 Å². The van der Waals surface area contributed by atoms with Crippen molar-refractivity contribution < 1.29 is 21.6 Å². The van der Waals surface area contributed by atoms with Crippen LogP contribution < -0.4 is 5.32 Å².